The molecule has 0 radical (unpaired) electrons. The van der Waals surface area contributed by atoms with Gasteiger partial charge in [-0.15, -0.1) is 0 Å². The Morgan fingerprint density at radius 1 is 1.00 bits per heavy atom. The van der Waals surface area contributed by atoms with Crippen LogP contribution in [0.15, 0.2) is 42.5 Å². The zero-order valence-corrected chi connectivity index (χ0v) is 14.7. The number of pyridine rings is 1. The van der Waals surface area contributed by atoms with Gasteiger partial charge in [0.2, 0.25) is 0 Å². The van der Waals surface area contributed by atoms with Crippen LogP contribution in [0.4, 0.5) is 5.69 Å². The lowest BCUT2D eigenvalue weighted by atomic mass is 9.89. The third-order valence-corrected chi connectivity index (χ3v) is 5.16. The van der Waals surface area contributed by atoms with Crippen molar-refractivity contribution in [2.75, 3.05) is 5.32 Å². The van der Waals surface area contributed by atoms with Crippen molar-refractivity contribution in [3.05, 3.63) is 70.4 Å². The molecule has 0 fully saturated rings. The number of benzene rings is 2. The predicted molar refractivity (Wildman–Crippen MR) is 102 cm³/mol. The van der Waals surface area contributed by atoms with Gasteiger partial charge in [-0.2, -0.15) is 0 Å². The maximum atomic E-state index is 13.2. The van der Waals surface area contributed by atoms with E-state index in [0.717, 1.165) is 59.1 Å². The maximum Gasteiger partial charge on any atom is 0.256 e. The van der Waals surface area contributed by atoms with Gasteiger partial charge in [-0.05, 0) is 74.4 Å². The molecule has 0 atom stereocenters. The number of aromatic nitrogens is 1. The number of aryl methyl sites for hydroxylation is 3. The van der Waals surface area contributed by atoms with Crippen LogP contribution in [0.2, 0.25) is 0 Å². The number of hydrogen-bond donors (Lipinski definition) is 1. The normalized spacial score (nSPS) is 13.5. The zero-order valence-electron chi connectivity index (χ0n) is 14.7. The maximum absolute atomic E-state index is 13.2. The highest BCUT2D eigenvalue weighted by Gasteiger charge is 2.22. The van der Waals surface area contributed by atoms with Gasteiger partial charge in [-0.1, -0.05) is 24.3 Å². The van der Waals surface area contributed by atoms with Crippen LogP contribution in [0.3, 0.4) is 0 Å². The Bertz CT molecular complexity index is 975. The van der Waals surface area contributed by atoms with E-state index in [9.17, 15) is 4.79 Å². The number of carbonyl (C=O) groups excluding carboxylic acids is 1. The molecule has 1 aliphatic carbocycles. The molecular formula is C22H22N2O. The predicted octanol–water partition coefficient (Wildman–Crippen LogP) is 4.98. The van der Waals surface area contributed by atoms with E-state index in [0.29, 0.717) is 0 Å². The quantitative estimate of drug-likeness (QED) is 0.720. The molecule has 2 aromatic carbocycles. The van der Waals surface area contributed by atoms with Crippen molar-refractivity contribution in [1.82, 2.24) is 4.98 Å². The molecule has 0 spiro atoms. The first kappa shape index (κ1) is 15.8. The van der Waals surface area contributed by atoms with Gasteiger partial charge in [0.05, 0.1) is 11.1 Å². The summed E-state index contributed by atoms with van der Waals surface area (Å²) in [5, 5.41) is 4.05. The lowest BCUT2D eigenvalue weighted by Crippen LogP contribution is -2.19. The molecule has 25 heavy (non-hydrogen) atoms. The summed E-state index contributed by atoms with van der Waals surface area (Å²) >= 11 is 0. The third-order valence-electron chi connectivity index (χ3n) is 5.16. The van der Waals surface area contributed by atoms with Crippen molar-refractivity contribution >= 4 is 22.5 Å². The summed E-state index contributed by atoms with van der Waals surface area (Å²) in [5.41, 5.74) is 7.19. The number of fused-ring (bicyclic) bond motifs is 2. The average Bonchev–Trinajstić information content (AvgIpc) is 2.62. The zero-order chi connectivity index (χ0) is 17.4. The van der Waals surface area contributed by atoms with Gasteiger partial charge in [-0.25, -0.2) is 0 Å². The molecule has 0 aliphatic heterocycles. The fraction of sp³-hybridized carbons (Fsp3) is 0.273. The summed E-state index contributed by atoms with van der Waals surface area (Å²) in [5.74, 6) is -0.0278. The Labute approximate surface area is 148 Å². The van der Waals surface area contributed by atoms with Crippen LogP contribution < -0.4 is 5.32 Å². The van der Waals surface area contributed by atoms with Crippen molar-refractivity contribution in [2.45, 2.75) is 39.5 Å². The Balaban J connectivity index is 1.81. The Hall–Kier alpha value is -2.68. The number of anilines is 1. The van der Waals surface area contributed by atoms with Gasteiger partial charge < -0.3 is 5.32 Å². The summed E-state index contributed by atoms with van der Waals surface area (Å²) in [4.78, 5) is 18.0. The summed E-state index contributed by atoms with van der Waals surface area (Å²) in [7, 11) is 0. The number of para-hydroxylation sites is 1. The average molecular weight is 330 g/mol. The van der Waals surface area contributed by atoms with E-state index in [1.807, 2.05) is 42.5 Å². The van der Waals surface area contributed by atoms with E-state index in [4.69, 9.17) is 4.98 Å². The lowest BCUT2D eigenvalue weighted by molar-refractivity contribution is 0.102. The SMILES string of the molecule is Cc1ccc(NC(=O)c2c3c(nc4ccccc24)CCCC3)cc1C. The van der Waals surface area contributed by atoms with Crippen molar-refractivity contribution < 1.29 is 4.79 Å². The highest BCUT2D eigenvalue weighted by atomic mass is 16.1. The van der Waals surface area contributed by atoms with Gasteiger partial charge in [-0.3, -0.25) is 9.78 Å². The minimum absolute atomic E-state index is 0.0278. The molecule has 0 bridgehead atoms. The molecule has 1 heterocycles. The van der Waals surface area contributed by atoms with E-state index in [1.54, 1.807) is 0 Å². The van der Waals surface area contributed by atoms with Crippen LogP contribution in [0, 0.1) is 13.8 Å². The molecule has 1 aliphatic rings. The van der Waals surface area contributed by atoms with Crippen LogP contribution in [0.1, 0.15) is 45.6 Å². The molecule has 0 saturated heterocycles. The molecule has 1 N–H and O–H groups in total. The van der Waals surface area contributed by atoms with Crippen molar-refractivity contribution in [2.24, 2.45) is 0 Å². The minimum Gasteiger partial charge on any atom is -0.322 e. The van der Waals surface area contributed by atoms with Gasteiger partial charge in [0.25, 0.3) is 5.91 Å². The van der Waals surface area contributed by atoms with E-state index in [1.165, 1.54) is 11.1 Å². The summed E-state index contributed by atoms with van der Waals surface area (Å²) in [6.07, 6.45) is 4.17. The third kappa shape index (κ3) is 2.91. The monoisotopic (exact) mass is 330 g/mol. The first-order chi connectivity index (χ1) is 12.1. The lowest BCUT2D eigenvalue weighted by Gasteiger charge is -2.20. The fourth-order valence-electron chi connectivity index (χ4n) is 3.64. The second-order valence-corrected chi connectivity index (χ2v) is 6.89. The van der Waals surface area contributed by atoms with E-state index < -0.39 is 0 Å². The summed E-state index contributed by atoms with van der Waals surface area (Å²) < 4.78 is 0. The van der Waals surface area contributed by atoms with Crippen LogP contribution >= 0.6 is 0 Å². The van der Waals surface area contributed by atoms with Gasteiger partial charge in [0.1, 0.15) is 0 Å². The van der Waals surface area contributed by atoms with Crippen molar-refractivity contribution in [3.8, 4) is 0 Å². The van der Waals surface area contributed by atoms with E-state index in [2.05, 4.69) is 19.2 Å². The molecule has 4 rings (SSSR count). The molecule has 1 amide bonds. The Morgan fingerprint density at radius 2 is 1.80 bits per heavy atom. The van der Waals surface area contributed by atoms with Gasteiger partial charge in [0.15, 0.2) is 0 Å². The molecule has 3 heteroatoms. The Kier molecular flexibility index (Phi) is 4.00. The van der Waals surface area contributed by atoms with E-state index >= 15 is 0 Å². The number of hydrogen-bond acceptors (Lipinski definition) is 2. The highest BCUT2D eigenvalue weighted by molar-refractivity contribution is 6.13. The first-order valence-corrected chi connectivity index (χ1v) is 8.92. The van der Waals surface area contributed by atoms with Crippen LogP contribution in [-0.2, 0) is 12.8 Å². The number of amides is 1. The second-order valence-electron chi connectivity index (χ2n) is 6.89. The number of carbonyl (C=O) groups is 1. The van der Waals surface area contributed by atoms with Crippen LogP contribution in [0.5, 0.6) is 0 Å². The molecule has 0 saturated carbocycles. The van der Waals surface area contributed by atoms with Crippen LogP contribution in [0.25, 0.3) is 10.9 Å². The number of nitrogens with zero attached hydrogens (tertiary/aromatic N) is 1. The minimum atomic E-state index is -0.0278. The molecule has 1 aromatic heterocycles. The van der Waals surface area contributed by atoms with Crippen molar-refractivity contribution in [3.63, 3.8) is 0 Å². The standard InChI is InChI=1S/C22H22N2O/c1-14-11-12-16(13-15(14)2)23-22(25)21-17-7-3-5-9-19(17)24-20-10-6-4-8-18(20)21/h3,5,7,9,11-13H,4,6,8,10H2,1-2H3,(H,23,25). The first-order valence-electron chi connectivity index (χ1n) is 8.92. The number of nitrogens with one attached hydrogen (secondary N) is 1. The molecule has 3 aromatic rings. The smallest absolute Gasteiger partial charge is 0.256 e. The number of rotatable bonds is 2. The van der Waals surface area contributed by atoms with E-state index in [-0.39, 0.29) is 5.91 Å². The van der Waals surface area contributed by atoms with Crippen molar-refractivity contribution in [1.29, 1.82) is 0 Å². The second kappa shape index (κ2) is 6.32. The molecule has 126 valence electrons. The fourth-order valence-corrected chi connectivity index (χ4v) is 3.64. The molecular weight excluding hydrogens is 308 g/mol. The topological polar surface area (TPSA) is 42.0 Å². The Morgan fingerprint density at radius 3 is 2.64 bits per heavy atom. The van der Waals surface area contributed by atoms with Crippen LogP contribution in [-0.4, -0.2) is 10.9 Å². The summed E-state index contributed by atoms with van der Waals surface area (Å²) in [6.45, 7) is 4.14. The highest BCUT2D eigenvalue weighted by Crippen LogP contribution is 2.30. The molecule has 3 nitrogen and oxygen atoms in total. The largest absolute Gasteiger partial charge is 0.322 e. The summed E-state index contributed by atoms with van der Waals surface area (Å²) in [6, 6.07) is 14.0. The van der Waals surface area contributed by atoms with Gasteiger partial charge in [0, 0.05) is 16.8 Å². The molecule has 0 unspecified atom stereocenters. The van der Waals surface area contributed by atoms with Gasteiger partial charge >= 0.3 is 0 Å².